The predicted molar refractivity (Wildman–Crippen MR) is 127 cm³/mol. The molecule has 1 heterocycles. The summed E-state index contributed by atoms with van der Waals surface area (Å²) in [5.74, 6) is 0.974. The van der Waals surface area contributed by atoms with E-state index in [2.05, 4.69) is 32.6 Å². The van der Waals surface area contributed by atoms with Crippen LogP contribution in [0, 0.1) is 10.1 Å². The number of aliphatic imine (C=N–C) groups is 1. The Hall–Kier alpha value is -1.60. The van der Waals surface area contributed by atoms with Gasteiger partial charge in [0.1, 0.15) is 0 Å². The molecule has 7 heteroatoms. The highest BCUT2D eigenvalue weighted by molar-refractivity contribution is 8.14. The van der Waals surface area contributed by atoms with Gasteiger partial charge in [-0.25, -0.2) is 4.99 Å². The van der Waals surface area contributed by atoms with Crippen LogP contribution in [0.15, 0.2) is 17.1 Å². The van der Waals surface area contributed by atoms with Crippen LogP contribution in [0.4, 0.5) is 11.4 Å². The van der Waals surface area contributed by atoms with Crippen LogP contribution in [-0.2, 0) is 17.6 Å². The van der Waals surface area contributed by atoms with Crippen LogP contribution < -0.4 is 0 Å². The minimum atomic E-state index is -0.238. The normalized spacial score (nSPS) is 24.6. The van der Waals surface area contributed by atoms with Gasteiger partial charge in [-0.15, -0.1) is 0 Å². The number of nitro groups is 1. The molecular weight excluding hydrogens is 410 g/mol. The molecule has 1 saturated carbocycles. The maximum absolute atomic E-state index is 11.5. The van der Waals surface area contributed by atoms with Gasteiger partial charge in [0, 0.05) is 23.4 Å². The smallest absolute Gasteiger partial charge is 0.273 e. The zero-order valence-electron chi connectivity index (χ0n) is 19.2. The minimum Gasteiger partial charge on any atom is -0.371 e. The van der Waals surface area contributed by atoms with Gasteiger partial charge in [0.25, 0.3) is 5.69 Å². The Kier molecular flexibility index (Phi) is 6.63. The Morgan fingerprint density at radius 2 is 1.84 bits per heavy atom. The van der Waals surface area contributed by atoms with Crippen molar-refractivity contribution in [3.63, 3.8) is 0 Å². The standard InChI is InChI=1S/C24H35N3O3S/c1-16(30-24(2,3)4)22-15-31-23(26(22)17-9-5-6-10-17)25-20-13-14-21(27(28)29)19-12-8-7-11-18(19)20/h13-14,16-17,22H,5-12,15H2,1-4H3/t16?,22-/m1/s1. The number of benzene rings is 1. The van der Waals surface area contributed by atoms with E-state index < -0.39 is 0 Å². The van der Waals surface area contributed by atoms with Gasteiger partial charge in [-0.1, -0.05) is 24.6 Å². The third-order valence-corrected chi connectivity index (χ3v) is 7.73. The molecule has 170 valence electrons. The summed E-state index contributed by atoms with van der Waals surface area (Å²) in [7, 11) is 0. The molecule has 0 bridgehead atoms. The van der Waals surface area contributed by atoms with Gasteiger partial charge in [-0.2, -0.15) is 0 Å². The van der Waals surface area contributed by atoms with Crippen molar-refractivity contribution in [3.05, 3.63) is 33.4 Å². The SMILES string of the molecule is CC(OC(C)(C)C)[C@H]1CSC(=Nc2ccc([N+](=O)[O-])c3c2CCCC3)N1C1CCCC1. The maximum atomic E-state index is 11.5. The average molecular weight is 446 g/mol. The first-order valence-corrected chi connectivity index (χ1v) is 12.7. The third kappa shape index (κ3) is 4.92. The molecule has 1 aromatic rings. The van der Waals surface area contributed by atoms with Crippen molar-refractivity contribution in [1.82, 2.24) is 4.90 Å². The molecule has 1 unspecified atom stereocenters. The van der Waals surface area contributed by atoms with E-state index in [-0.39, 0.29) is 22.3 Å². The molecule has 0 N–H and O–H groups in total. The molecule has 4 rings (SSSR count). The van der Waals surface area contributed by atoms with Crippen molar-refractivity contribution < 1.29 is 9.66 Å². The van der Waals surface area contributed by atoms with Crippen LogP contribution in [0.3, 0.4) is 0 Å². The lowest BCUT2D eigenvalue weighted by molar-refractivity contribution is -0.385. The van der Waals surface area contributed by atoms with Gasteiger partial charge < -0.3 is 9.64 Å². The number of amidine groups is 1. The monoisotopic (exact) mass is 445 g/mol. The Balaban J connectivity index is 1.68. The van der Waals surface area contributed by atoms with Gasteiger partial charge in [-0.3, -0.25) is 10.1 Å². The Morgan fingerprint density at radius 3 is 2.48 bits per heavy atom. The second-order valence-electron chi connectivity index (χ2n) is 10.1. The number of thioether (sulfide) groups is 1. The van der Waals surface area contributed by atoms with E-state index in [1.54, 1.807) is 6.07 Å². The average Bonchev–Trinajstić information content (AvgIpc) is 3.36. The molecule has 31 heavy (non-hydrogen) atoms. The summed E-state index contributed by atoms with van der Waals surface area (Å²) in [6, 6.07) is 4.34. The van der Waals surface area contributed by atoms with E-state index in [1.165, 1.54) is 25.7 Å². The quantitative estimate of drug-likeness (QED) is 0.409. The molecule has 0 amide bonds. The molecule has 2 fully saturated rings. The summed E-state index contributed by atoms with van der Waals surface area (Å²) in [6.45, 7) is 8.53. The van der Waals surface area contributed by atoms with Crippen molar-refractivity contribution in [2.24, 2.45) is 4.99 Å². The Morgan fingerprint density at radius 1 is 1.16 bits per heavy atom. The largest absolute Gasteiger partial charge is 0.371 e. The van der Waals surface area contributed by atoms with Crippen LogP contribution >= 0.6 is 11.8 Å². The van der Waals surface area contributed by atoms with Gasteiger partial charge in [0.05, 0.1) is 28.4 Å². The number of ether oxygens (including phenoxy) is 1. The number of nitrogens with zero attached hydrogens (tertiary/aromatic N) is 3. The molecule has 0 radical (unpaired) electrons. The first-order valence-electron chi connectivity index (χ1n) is 11.7. The summed E-state index contributed by atoms with van der Waals surface area (Å²) in [4.78, 5) is 19.0. The van der Waals surface area contributed by atoms with E-state index >= 15 is 0 Å². The van der Waals surface area contributed by atoms with E-state index in [9.17, 15) is 10.1 Å². The highest BCUT2D eigenvalue weighted by Crippen LogP contribution is 2.40. The van der Waals surface area contributed by atoms with E-state index in [4.69, 9.17) is 9.73 Å². The topological polar surface area (TPSA) is 68.0 Å². The summed E-state index contributed by atoms with van der Waals surface area (Å²) in [5.41, 5.74) is 2.99. The van der Waals surface area contributed by atoms with Crippen molar-refractivity contribution in [2.75, 3.05) is 5.75 Å². The fourth-order valence-electron chi connectivity index (χ4n) is 5.36. The zero-order valence-corrected chi connectivity index (χ0v) is 20.0. The van der Waals surface area contributed by atoms with Crippen LogP contribution in [0.25, 0.3) is 0 Å². The van der Waals surface area contributed by atoms with Crippen molar-refractivity contribution in [2.45, 2.75) is 103 Å². The molecule has 1 aliphatic heterocycles. The summed E-state index contributed by atoms with van der Waals surface area (Å²) in [6.07, 6.45) is 8.82. The predicted octanol–water partition coefficient (Wildman–Crippen LogP) is 6.02. The van der Waals surface area contributed by atoms with Crippen molar-refractivity contribution >= 4 is 28.3 Å². The first-order chi connectivity index (χ1) is 14.7. The molecule has 1 aromatic carbocycles. The molecule has 3 aliphatic rings. The van der Waals surface area contributed by atoms with Crippen LogP contribution in [0.2, 0.25) is 0 Å². The van der Waals surface area contributed by atoms with Gasteiger partial charge >= 0.3 is 0 Å². The fraction of sp³-hybridized carbons (Fsp3) is 0.708. The lowest BCUT2D eigenvalue weighted by Crippen LogP contribution is -2.48. The van der Waals surface area contributed by atoms with E-state index in [1.807, 2.05) is 17.8 Å². The molecule has 2 aliphatic carbocycles. The Bertz CT molecular complexity index is 858. The molecule has 0 spiro atoms. The van der Waals surface area contributed by atoms with Crippen molar-refractivity contribution in [1.29, 1.82) is 0 Å². The van der Waals surface area contributed by atoms with Gasteiger partial charge in [0.2, 0.25) is 0 Å². The lowest BCUT2D eigenvalue weighted by Gasteiger charge is -2.37. The highest BCUT2D eigenvalue weighted by atomic mass is 32.2. The van der Waals surface area contributed by atoms with Crippen LogP contribution in [0.5, 0.6) is 0 Å². The lowest BCUT2D eigenvalue weighted by atomic mass is 9.89. The number of rotatable bonds is 5. The summed E-state index contributed by atoms with van der Waals surface area (Å²) < 4.78 is 6.36. The zero-order chi connectivity index (χ0) is 22.2. The second-order valence-corrected chi connectivity index (χ2v) is 11.1. The summed E-state index contributed by atoms with van der Waals surface area (Å²) in [5, 5.41) is 12.6. The summed E-state index contributed by atoms with van der Waals surface area (Å²) >= 11 is 1.82. The third-order valence-electron chi connectivity index (χ3n) is 6.66. The molecule has 6 nitrogen and oxygen atoms in total. The number of hydrogen-bond donors (Lipinski definition) is 0. The number of fused-ring (bicyclic) bond motifs is 1. The highest BCUT2D eigenvalue weighted by Gasteiger charge is 2.41. The van der Waals surface area contributed by atoms with Gasteiger partial charge in [0.15, 0.2) is 5.17 Å². The molecular formula is C24H35N3O3S. The molecule has 0 aromatic heterocycles. The van der Waals surface area contributed by atoms with Crippen LogP contribution in [-0.4, -0.2) is 44.5 Å². The minimum absolute atomic E-state index is 0.117. The molecule has 1 saturated heterocycles. The second kappa shape index (κ2) is 9.10. The Labute approximate surface area is 190 Å². The van der Waals surface area contributed by atoms with Gasteiger partial charge in [-0.05, 0) is 77.8 Å². The van der Waals surface area contributed by atoms with E-state index in [0.717, 1.165) is 53.4 Å². The number of nitro benzene ring substituents is 1. The van der Waals surface area contributed by atoms with E-state index in [0.29, 0.717) is 12.1 Å². The first kappa shape index (κ1) is 22.6. The van der Waals surface area contributed by atoms with Crippen molar-refractivity contribution in [3.8, 4) is 0 Å². The van der Waals surface area contributed by atoms with Crippen LogP contribution in [0.1, 0.15) is 77.3 Å². The fourth-order valence-corrected chi connectivity index (χ4v) is 6.71. The maximum Gasteiger partial charge on any atom is 0.273 e. The molecule has 2 atom stereocenters. The number of hydrogen-bond acceptors (Lipinski definition) is 5.